The lowest BCUT2D eigenvalue weighted by molar-refractivity contribution is 0.575. The number of nitrogens with zero attached hydrogens (tertiary/aromatic N) is 2. The summed E-state index contributed by atoms with van der Waals surface area (Å²) in [7, 11) is 0. The van der Waals surface area contributed by atoms with Crippen molar-refractivity contribution >= 4 is 44.5 Å². The van der Waals surface area contributed by atoms with Crippen LogP contribution in [0.2, 0.25) is 0 Å². The van der Waals surface area contributed by atoms with E-state index in [9.17, 15) is 0 Å². The summed E-state index contributed by atoms with van der Waals surface area (Å²) in [5.74, 6) is 0.863. The maximum absolute atomic E-state index is 2.65. The van der Waals surface area contributed by atoms with Crippen molar-refractivity contribution in [1.29, 1.82) is 0 Å². The van der Waals surface area contributed by atoms with Crippen LogP contribution in [0.3, 0.4) is 0 Å². The third-order valence-electron chi connectivity index (χ3n) is 14.3. The van der Waals surface area contributed by atoms with Crippen LogP contribution >= 0.6 is 0 Å². The molecule has 0 N–H and O–H groups in total. The Morgan fingerprint density at radius 3 is 1.98 bits per heavy atom. The molecule has 5 aliphatic rings. The summed E-state index contributed by atoms with van der Waals surface area (Å²) in [6.45, 7) is 4.82. The molecule has 0 saturated heterocycles. The molecule has 286 valence electrons. The summed E-state index contributed by atoms with van der Waals surface area (Å²) in [6, 6.07) is 50.1. The van der Waals surface area contributed by atoms with Crippen LogP contribution in [0.1, 0.15) is 80.5 Å². The summed E-state index contributed by atoms with van der Waals surface area (Å²) in [4.78, 5) is 2.45. The Bertz CT molecular complexity index is 3000. The largest absolute Gasteiger partial charge is 0.314 e. The van der Waals surface area contributed by atoms with Crippen LogP contribution in [0.15, 0.2) is 181 Å². The van der Waals surface area contributed by atoms with Crippen molar-refractivity contribution in [2.24, 2.45) is 5.92 Å². The molecule has 2 unspecified atom stereocenters. The van der Waals surface area contributed by atoms with E-state index in [-0.39, 0.29) is 5.41 Å². The van der Waals surface area contributed by atoms with Gasteiger partial charge in [0.05, 0.1) is 11.0 Å². The van der Waals surface area contributed by atoms with Gasteiger partial charge in [-0.15, -0.1) is 0 Å². The molecule has 59 heavy (non-hydrogen) atoms. The minimum Gasteiger partial charge on any atom is -0.314 e. The number of anilines is 2. The Hall–Kier alpha value is -6.38. The fourth-order valence-electron chi connectivity index (χ4n) is 11.4. The maximum Gasteiger partial charge on any atom is 0.0541 e. The van der Waals surface area contributed by atoms with Crippen molar-refractivity contribution in [3.63, 3.8) is 0 Å². The average Bonchev–Trinajstić information content (AvgIpc) is 3.73. The number of hydrogen-bond donors (Lipinski definition) is 0. The monoisotopic (exact) mass is 760 g/mol. The van der Waals surface area contributed by atoms with Gasteiger partial charge in [0, 0.05) is 50.8 Å². The molecule has 0 bridgehead atoms. The molecule has 2 atom stereocenters. The predicted molar refractivity (Wildman–Crippen MR) is 249 cm³/mol. The summed E-state index contributed by atoms with van der Waals surface area (Å²) >= 11 is 0. The lowest BCUT2D eigenvalue weighted by Crippen LogP contribution is -2.23. The summed E-state index contributed by atoms with van der Waals surface area (Å²) in [6.07, 6.45) is 21.2. The van der Waals surface area contributed by atoms with Crippen molar-refractivity contribution in [3.8, 4) is 22.3 Å². The first-order valence-corrected chi connectivity index (χ1v) is 21.8. The third kappa shape index (κ3) is 5.32. The molecule has 1 heterocycles. The standard InChI is InChI=1S/C57H48N2/c1-57(2)53-24-14-13-23-47(53)50-34-52-51-33-48-45-21-11-9-19-43(45)44-20-10-12-22-46(44)49(48)35-55(51)59(56(52)36-54(50)57)42-31-29-41(30-32-42)58(39-17-7-4-8-18-39)40-27-25-38(26-28-40)37-15-5-3-6-16-37/h3-8,10,12-18,20,22-29,31,33-36,44,46H,9,11,19,21,30,32H2,1-2H3. The second kappa shape index (κ2) is 13.3. The topological polar surface area (TPSA) is 8.17 Å². The number of fused-ring (bicyclic) bond motifs is 11. The molecule has 0 radical (unpaired) electrons. The van der Waals surface area contributed by atoms with Gasteiger partial charge in [0.25, 0.3) is 0 Å². The molecular weight excluding hydrogens is 713 g/mol. The normalized spacial score (nSPS) is 19.8. The SMILES string of the molecule is CC1(C)c2ccccc2-c2cc3c4cc5c(cc4n(C4=CC=C(N(c6ccccc6)c6ccc(-c7ccccc7)cc6)CC4)c3cc21)C1C=CC=CC1C1=C5CCCC1. The van der Waals surface area contributed by atoms with Gasteiger partial charge >= 0.3 is 0 Å². The molecule has 0 spiro atoms. The van der Waals surface area contributed by atoms with Gasteiger partial charge in [-0.2, -0.15) is 0 Å². The Balaban J connectivity index is 1.05. The van der Waals surface area contributed by atoms with E-state index in [4.69, 9.17) is 0 Å². The minimum absolute atomic E-state index is 0.0742. The smallest absolute Gasteiger partial charge is 0.0541 e. The first-order chi connectivity index (χ1) is 29.0. The molecular formula is C57H48N2. The van der Waals surface area contributed by atoms with Gasteiger partial charge in [-0.25, -0.2) is 0 Å². The lowest BCUT2D eigenvalue weighted by atomic mass is 9.66. The number of allylic oxidation sites excluding steroid dienone is 10. The molecule has 1 aromatic heterocycles. The Kier molecular flexibility index (Phi) is 7.83. The van der Waals surface area contributed by atoms with Gasteiger partial charge in [0.1, 0.15) is 0 Å². The quantitative estimate of drug-likeness (QED) is 0.170. The average molecular weight is 761 g/mol. The van der Waals surface area contributed by atoms with E-state index in [0.717, 1.165) is 12.8 Å². The van der Waals surface area contributed by atoms with Gasteiger partial charge in [-0.1, -0.05) is 129 Å². The van der Waals surface area contributed by atoms with E-state index in [1.807, 2.05) is 0 Å². The summed E-state index contributed by atoms with van der Waals surface area (Å²) < 4.78 is 2.65. The van der Waals surface area contributed by atoms with Gasteiger partial charge in [-0.3, -0.25) is 0 Å². The van der Waals surface area contributed by atoms with E-state index >= 15 is 0 Å². The fraction of sp³-hybridized carbons (Fsp3) is 0.193. The molecule has 0 fully saturated rings. The number of rotatable bonds is 5. The van der Waals surface area contributed by atoms with E-state index < -0.39 is 0 Å². The molecule has 2 nitrogen and oxygen atoms in total. The fourth-order valence-corrected chi connectivity index (χ4v) is 11.4. The van der Waals surface area contributed by atoms with Crippen LogP contribution in [0.4, 0.5) is 11.4 Å². The second-order valence-electron chi connectivity index (χ2n) is 17.8. The zero-order valence-corrected chi connectivity index (χ0v) is 34.0. The number of benzene rings is 6. The van der Waals surface area contributed by atoms with Crippen LogP contribution in [0.5, 0.6) is 0 Å². The van der Waals surface area contributed by atoms with Crippen molar-refractivity contribution in [1.82, 2.24) is 4.57 Å². The first kappa shape index (κ1) is 34.6. The van der Waals surface area contributed by atoms with Gasteiger partial charge in [0.2, 0.25) is 0 Å². The van der Waals surface area contributed by atoms with E-state index in [2.05, 4.69) is 193 Å². The predicted octanol–water partition coefficient (Wildman–Crippen LogP) is 15.3. The molecule has 0 aliphatic heterocycles. The maximum atomic E-state index is 2.65. The highest BCUT2D eigenvalue weighted by atomic mass is 15.1. The molecule has 12 rings (SSSR count). The van der Waals surface area contributed by atoms with Crippen molar-refractivity contribution in [3.05, 3.63) is 203 Å². The first-order valence-electron chi connectivity index (χ1n) is 21.8. The van der Waals surface area contributed by atoms with Crippen molar-refractivity contribution in [2.45, 2.75) is 63.7 Å². The minimum atomic E-state index is -0.0742. The number of aromatic nitrogens is 1. The van der Waals surface area contributed by atoms with Crippen LogP contribution < -0.4 is 4.90 Å². The highest BCUT2D eigenvalue weighted by molar-refractivity contribution is 6.13. The van der Waals surface area contributed by atoms with Gasteiger partial charge in [-0.05, 0) is 149 Å². The Morgan fingerprint density at radius 2 is 1.20 bits per heavy atom. The molecule has 0 saturated carbocycles. The van der Waals surface area contributed by atoms with E-state index in [0.29, 0.717) is 11.8 Å². The Morgan fingerprint density at radius 1 is 0.542 bits per heavy atom. The van der Waals surface area contributed by atoms with E-state index in [1.54, 1.807) is 11.1 Å². The molecule has 5 aliphatic carbocycles. The summed E-state index contributed by atoms with van der Waals surface area (Å²) in [5.41, 5.74) is 22.1. The third-order valence-corrected chi connectivity index (χ3v) is 14.3. The van der Waals surface area contributed by atoms with Gasteiger partial charge < -0.3 is 9.47 Å². The van der Waals surface area contributed by atoms with Gasteiger partial charge in [0.15, 0.2) is 0 Å². The van der Waals surface area contributed by atoms with E-state index in [1.165, 1.54) is 115 Å². The van der Waals surface area contributed by atoms with Crippen molar-refractivity contribution < 1.29 is 0 Å². The highest BCUT2D eigenvalue weighted by Crippen LogP contribution is 2.54. The molecule has 2 heteroatoms. The second-order valence-corrected chi connectivity index (χ2v) is 17.8. The zero-order valence-electron chi connectivity index (χ0n) is 34.0. The highest BCUT2D eigenvalue weighted by Gasteiger charge is 2.38. The number of para-hydroxylation sites is 1. The van der Waals surface area contributed by atoms with Crippen LogP contribution in [0, 0.1) is 5.92 Å². The lowest BCUT2D eigenvalue weighted by Gasteiger charge is -2.38. The summed E-state index contributed by atoms with van der Waals surface area (Å²) in [5, 5.41) is 2.75. The van der Waals surface area contributed by atoms with Crippen LogP contribution in [0.25, 0.3) is 55.3 Å². The number of hydrogen-bond acceptors (Lipinski definition) is 1. The molecule has 6 aromatic carbocycles. The Labute approximate surface area is 347 Å². The zero-order chi connectivity index (χ0) is 39.2. The molecule has 7 aromatic rings. The van der Waals surface area contributed by atoms with Crippen molar-refractivity contribution in [2.75, 3.05) is 4.90 Å². The van der Waals surface area contributed by atoms with Crippen LogP contribution in [-0.2, 0) is 5.41 Å². The molecule has 0 amide bonds. The van der Waals surface area contributed by atoms with Crippen LogP contribution in [-0.4, -0.2) is 4.57 Å².